The summed E-state index contributed by atoms with van der Waals surface area (Å²) in [5.74, 6) is 5.85. The molecule has 0 amide bonds. The molecular formula is C14H12N4O2S. The van der Waals surface area contributed by atoms with Gasteiger partial charge in [-0.25, -0.2) is 13.9 Å². The van der Waals surface area contributed by atoms with Gasteiger partial charge < -0.3 is 5.11 Å². The van der Waals surface area contributed by atoms with E-state index >= 15 is 0 Å². The molecule has 0 aliphatic rings. The van der Waals surface area contributed by atoms with E-state index in [1.54, 1.807) is 18.6 Å². The monoisotopic (exact) mass is 300 g/mol. The van der Waals surface area contributed by atoms with E-state index in [1.807, 2.05) is 12.1 Å². The number of aromatic nitrogens is 4. The highest BCUT2D eigenvalue weighted by Gasteiger charge is 2.08. The minimum atomic E-state index is -0.186. The van der Waals surface area contributed by atoms with Gasteiger partial charge in [0.25, 0.3) is 0 Å². The van der Waals surface area contributed by atoms with E-state index in [9.17, 15) is 4.79 Å². The fraction of sp³-hybridized carbons (Fsp3) is 0.214. The molecule has 3 aromatic rings. The Bertz CT molecular complexity index is 881. The van der Waals surface area contributed by atoms with Crippen LogP contribution in [0.1, 0.15) is 16.2 Å². The number of hydrogen-bond donors (Lipinski definition) is 1. The van der Waals surface area contributed by atoms with Gasteiger partial charge in [-0.2, -0.15) is 0 Å². The Morgan fingerprint density at radius 2 is 2.29 bits per heavy atom. The fourth-order valence-corrected chi connectivity index (χ4v) is 2.73. The van der Waals surface area contributed by atoms with Gasteiger partial charge in [-0.15, -0.1) is 16.4 Å². The van der Waals surface area contributed by atoms with Crippen molar-refractivity contribution in [1.29, 1.82) is 0 Å². The smallest absolute Gasteiger partial charge is 0.350 e. The topological polar surface area (TPSA) is 72.4 Å². The van der Waals surface area contributed by atoms with E-state index in [4.69, 9.17) is 5.11 Å². The highest BCUT2D eigenvalue weighted by Crippen LogP contribution is 2.16. The van der Waals surface area contributed by atoms with E-state index in [1.165, 1.54) is 20.4 Å². The molecule has 7 heteroatoms. The van der Waals surface area contributed by atoms with Crippen molar-refractivity contribution in [3.8, 4) is 11.8 Å². The summed E-state index contributed by atoms with van der Waals surface area (Å²) in [4.78, 5) is 18.0. The minimum absolute atomic E-state index is 0.0654. The third-order valence-electron chi connectivity index (χ3n) is 2.80. The second-order valence-corrected chi connectivity index (χ2v) is 5.45. The molecule has 0 radical (unpaired) electrons. The molecule has 0 aliphatic carbocycles. The van der Waals surface area contributed by atoms with Crippen LogP contribution in [0.5, 0.6) is 0 Å². The molecule has 21 heavy (non-hydrogen) atoms. The first-order valence-corrected chi connectivity index (χ1v) is 7.17. The molecule has 0 bridgehead atoms. The van der Waals surface area contributed by atoms with Crippen LogP contribution in [0.4, 0.5) is 0 Å². The van der Waals surface area contributed by atoms with Crippen molar-refractivity contribution in [2.45, 2.75) is 13.0 Å². The first kappa shape index (κ1) is 13.5. The van der Waals surface area contributed by atoms with Crippen molar-refractivity contribution in [1.82, 2.24) is 19.2 Å². The standard InChI is InChI=1S/C14H12N4O2S/c19-8-2-1-3-11-4-5-12(21-11)10-18-14(20)17-7-6-15-9-13(17)16-18/h4-7,9,19H,2,8,10H2. The van der Waals surface area contributed by atoms with Gasteiger partial charge >= 0.3 is 5.69 Å². The predicted octanol–water partition coefficient (Wildman–Crippen LogP) is 0.735. The van der Waals surface area contributed by atoms with Gasteiger partial charge in [0.05, 0.1) is 24.2 Å². The zero-order valence-electron chi connectivity index (χ0n) is 11.1. The van der Waals surface area contributed by atoms with Crippen LogP contribution in [0.3, 0.4) is 0 Å². The maximum Gasteiger partial charge on any atom is 0.350 e. The van der Waals surface area contributed by atoms with E-state index in [-0.39, 0.29) is 12.3 Å². The molecule has 3 aromatic heterocycles. The summed E-state index contributed by atoms with van der Waals surface area (Å²) in [7, 11) is 0. The molecule has 0 aromatic carbocycles. The van der Waals surface area contributed by atoms with Crippen molar-refractivity contribution in [3.63, 3.8) is 0 Å². The molecule has 0 saturated heterocycles. The Kier molecular flexibility index (Phi) is 3.81. The molecule has 0 aliphatic heterocycles. The van der Waals surface area contributed by atoms with E-state index in [0.717, 1.165) is 9.75 Å². The van der Waals surface area contributed by atoms with Gasteiger partial charge in [0.1, 0.15) is 0 Å². The maximum absolute atomic E-state index is 12.1. The van der Waals surface area contributed by atoms with Crippen LogP contribution in [0, 0.1) is 11.8 Å². The normalized spacial score (nSPS) is 10.5. The number of rotatable bonds is 3. The second kappa shape index (κ2) is 5.91. The van der Waals surface area contributed by atoms with Crippen LogP contribution < -0.4 is 5.69 Å². The first-order valence-electron chi connectivity index (χ1n) is 6.35. The lowest BCUT2D eigenvalue weighted by molar-refractivity contribution is 0.305. The molecule has 0 fully saturated rings. The summed E-state index contributed by atoms with van der Waals surface area (Å²) >= 11 is 1.52. The number of nitrogens with zero attached hydrogens (tertiary/aromatic N) is 4. The summed E-state index contributed by atoms with van der Waals surface area (Å²) in [6.45, 7) is 0.475. The Labute approximate surface area is 124 Å². The number of aliphatic hydroxyl groups is 1. The Morgan fingerprint density at radius 1 is 1.38 bits per heavy atom. The molecule has 106 valence electrons. The largest absolute Gasteiger partial charge is 0.395 e. The molecule has 6 nitrogen and oxygen atoms in total. The molecule has 0 spiro atoms. The lowest BCUT2D eigenvalue weighted by atomic mass is 10.4. The summed E-state index contributed by atoms with van der Waals surface area (Å²) in [6.07, 6.45) is 5.17. The summed E-state index contributed by atoms with van der Waals surface area (Å²) in [5, 5.41) is 12.9. The van der Waals surface area contributed by atoms with E-state index < -0.39 is 0 Å². The summed E-state index contributed by atoms with van der Waals surface area (Å²) in [6, 6.07) is 3.84. The van der Waals surface area contributed by atoms with Crippen LogP contribution in [0.2, 0.25) is 0 Å². The summed E-state index contributed by atoms with van der Waals surface area (Å²) < 4.78 is 2.87. The number of hydrogen-bond acceptors (Lipinski definition) is 5. The third kappa shape index (κ3) is 2.86. The zero-order chi connectivity index (χ0) is 14.7. The van der Waals surface area contributed by atoms with Gasteiger partial charge in [0.2, 0.25) is 0 Å². The van der Waals surface area contributed by atoms with Gasteiger partial charge in [0.15, 0.2) is 5.65 Å². The maximum atomic E-state index is 12.1. The van der Waals surface area contributed by atoms with Crippen LogP contribution in [-0.4, -0.2) is 30.9 Å². The van der Waals surface area contributed by atoms with Gasteiger partial charge in [-0.05, 0) is 12.1 Å². The molecule has 0 atom stereocenters. The second-order valence-electron chi connectivity index (χ2n) is 4.29. The SMILES string of the molecule is O=c1n(Cc2ccc(C#CCCO)s2)nc2cnccn12. The van der Waals surface area contributed by atoms with Crippen LogP contribution in [0.15, 0.2) is 35.5 Å². The Balaban J connectivity index is 1.84. The number of fused-ring (bicyclic) bond motifs is 1. The van der Waals surface area contributed by atoms with Crippen LogP contribution in [0.25, 0.3) is 5.65 Å². The van der Waals surface area contributed by atoms with Gasteiger partial charge in [-0.1, -0.05) is 11.8 Å². The third-order valence-corrected chi connectivity index (χ3v) is 3.79. The zero-order valence-corrected chi connectivity index (χ0v) is 11.9. The Hall–Kier alpha value is -2.43. The predicted molar refractivity (Wildman–Crippen MR) is 79.2 cm³/mol. The molecule has 3 rings (SSSR count). The molecule has 0 saturated carbocycles. The average Bonchev–Trinajstić information content (AvgIpc) is 3.06. The van der Waals surface area contributed by atoms with Crippen LogP contribution in [-0.2, 0) is 6.54 Å². The molecule has 3 heterocycles. The highest BCUT2D eigenvalue weighted by molar-refractivity contribution is 7.12. The van der Waals surface area contributed by atoms with Crippen molar-refractivity contribution in [2.75, 3.05) is 6.61 Å². The van der Waals surface area contributed by atoms with Gasteiger partial charge in [-0.3, -0.25) is 4.98 Å². The van der Waals surface area contributed by atoms with Crippen LogP contribution >= 0.6 is 11.3 Å². The Morgan fingerprint density at radius 3 is 3.10 bits per heavy atom. The average molecular weight is 300 g/mol. The number of thiophene rings is 1. The van der Waals surface area contributed by atoms with Crippen molar-refractivity contribution >= 4 is 17.0 Å². The molecule has 0 unspecified atom stereocenters. The minimum Gasteiger partial charge on any atom is -0.395 e. The van der Waals surface area contributed by atoms with Crippen molar-refractivity contribution in [2.24, 2.45) is 0 Å². The highest BCUT2D eigenvalue weighted by atomic mass is 32.1. The van der Waals surface area contributed by atoms with Crippen molar-refractivity contribution in [3.05, 3.63) is 51.0 Å². The summed E-state index contributed by atoms with van der Waals surface area (Å²) in [5.41, 5.74) is 0.343. The first-order chi connectivity index (χ1) is 10.3. The van der Waals surface area contributed by atoms with Crippen molar-refractivity contribution < 1.29 is 5.11 Å². The number of aliphatic hydroxyl groups excluding tert-OH is 1. The lowest BCUT2D eigenvalue weighted by Crippen LogP contribution is -2.21. The van der Waals surface area contributed by atoms with Gasteiger partial charge in [0, 0.05) is 23.7 Å². The molecular weight excluding hydrogens is 288 g/mol. The fourth-order valence-electron chi connectivity index (χ4n) is 1.87. The van der Waals surface area contributed by atoms with E-state index in [2.05, 4.69) is 21.9 Å². The quantitative estimate of drug-likeness (QED) is 0.724. The van der Waals surface area contributed by atoms with E-state index in [0.29, 0.717) is 18.6 Å². The molecule has 1 N–H and O–H groups in total. The lowest BCUT2D eigenvalue weighted by Gasteiger charge is -1.94.